The lowest BCUT2D eigenvalue weighted by molar-refractivity contribution is -0.386. The third kappa shape index (κ3) is 4.50. The standard InChI is InChI=1S/C19H23Cl2N7O4/c1-10-7-13(8-11(2)32-10)27-12(3)15(28(29)30)18(25-27)31-6-4-5-26-17-14(16(20)24-26)9-22-19(21)23-17/h9-11,13H,4-8H2,1-3H3/t10-,11+,13+. The molecule has 0 aromatic carbocycles. The number of ether oxygens (including phenoxy) is 2. The minimum Gasteiger partial charge on any atom is -0.472 e. The van der Waals surface area contributed by atoms with E-state index >= 15 is 0 Å². The second-order valence-corrected chi connectivity index (χ2v) is 8.61. The number of hydrogen-bond donors (Lipinski definition) is 0. The van der Waals surface area contributed by atoms with Crippen LogP contribution in [0.2, 0.25) is 10.4 Å². The number of rotatable bonds is 7. The van der Waals surface area contributed by atoms with Gasteiger partial charge in [-0.1, -0.05) is 11.6 Å². The van der Waals surface area contributed by atoms with Gasteiger partial charge < -0.3 is 9.47 Å². The first-order chi connectivity index (χ1) is 15.2. The van der Waals surface area contributed by atoms with Gasteiger partial charge in [-0.2, -0.15) is 10.1 Å². The first kappa shape index (κ1) is 22.7. The number of aromatic nitrogens is 6. The van der Waals surface area contributed by atoms with Gasteiger partial charge >= 0.3 is 11.6 Å². The molecule has 4 heterocycles. The van der Waals surface area contributed by atoms with Gasteiger partial charge in [0.2, 0.25) is 5.28 Å². The van der Waals surface area contributed by atoms with Gasteiger partial charge in [0.15, 0.2) is 10.8 Å². The van der Waals surface area contributed by atoms with Gasteiger partial charge in [-0.25, -0.2) is 9.67 Å². The number of nitrogens with zero attached hydrogens (tertiary/aromatic N) is 7. The SMILES string of the molecule is Cc1c([N+](=O)[O-])c(OCCCn2nc(Cl)c3cnc(Cl)nc32)nn1[C@H]1C[C@@H](C)O[C@@H](C)C1. The Kier molecular flexibility index (Phi) is 6.50. The van der Waals surface area contributed by atoms with Crippen LogP contribution in [0.25, 0.3) is 11.0 Å². The molecule has 0 radical (unpaired) electrons. The van der Waals surface area contributed by atoms with Crippen LogP contribution in [0, 0.1) is 17.0 Å². The van der Waals surface area contributed by atoms with Crippen molar-refractivity contribution in [1.29, 1.82) is 0 Å². The maximum absolute atomic E-state index is 11.7. The maximum Gasteiger partial charge on any atom is 0.352 e. The summed E-state index contributed by atoms with van der Waals surface area (Å²) in [6.07, 6.45) is 3.61. The molecule has 1 aliphatic heterocycles. The predicted molar refractivity (Wildman–Crippen MR) is 117 cm³/mol. The topological polar surface area (TPSA) is 123 Å². The van der Waals surface area contributed by atoms with Crippen LogP contribution in [0.4, 0.5) is 5.69 Å². The van der Waals surface area contributed by atoms with Gasteiger partial charge in [-0.15, -0.1) is 5.10 Å². The van der Waals surface area contributed by atoms with Crippen LogP contribution < -0.4 is 4.74 Å². The van der Waals surface area contributed by atoms with E-state index in [4.69, 9.17) is 32.7 Å². The van der Waals surface area contributed by atoms with Crippen molar-refractivity contribution in [2.75, 3.05) is 6.61 Å². The number of aryl methyl sites for hydroxylation is 1. The van der Waals surface area contributed by atoms with Crippen molar-refractivity contribution in [2.45, 2.75) is 64.8 Å². The van der Waals surface area contributed by atoms with Crippen LogP contribution in [0.3, 0.4) is 0 Å². The van der Waals surface area contributed by atoms with Gasteiger partial charge in [0.25, 0.3) is 0 Å². The van der Waals surface area contributed by atoms with Crippen LogP contribution in [0.5, 0.6) is 5.88 Å². The van der Waals surface area contributed by atoms with Gasteiger partial charge in [-0.05, 0) is 45.2 Å². The monoisotopic (exact) mass is 483 g/mol. The molecule has 0 unspecified atom stereocenters. The third-order valence-corrected chi connectivity index (χ3v) is 5.92. The van der Waals surface area contributed by atoms with Crippen LogP contribution in [-0.2, 0) is 11.3 Å². The average molecular weight is 484 g/mol. The smallest absolute Gasteiger partial charge is 0.352 e. The lowest BCUT2D eigenvalue weighted by atomic mass is 10.00. The molecule has 3 aromatic rings. The lowest BCUT2D eigenvalue weighted by Gasteiger charge is -2.32. The zero-order valence-corrected chi connectivity index (χ0v) is 19.4. The summed E-state index contributed by atoms with van der Waals surface area (Å²) in [5.41, 5.74) is 0.889. The highest BCUT2D eigenvalue weighted by atomic mass is 35.5. The summed E-state index contributed by atoms with van der Waals surface area (Å²) in [5, 5.41) is 21.4. The second-order valence-electron chi connectivity index (χ2n) is 7.92. The minimum atomic E-state index is -0.444. The van der Waals surface area contributed by atoms with Crippen molar-refractivity contribution in [1.82, 2.24) is 29.5 Å². The Labute approximate surface area is 193 Å². The van der Waals surface area contributed by atoms with Crippen molar-refractivity contribution in [3.8, 4) is 5.88 Å². The highest BCUT2D eigenvalue weighted by Gasteiger charge is 2.33. The van der Waals surface area contributed by atoms with E-state index in [1.807, 2.05) is 13.8 Å². The summed E-state index contributed by atoms with van der Waals surface area (Å²) in [7, 11) is 0. The molecule has 1 saturated heterocycles. The van der Waals surface area contributed by atoms with E-state index in [1.54, 1.807) is 16.3 Å². The fourth-order valence-electron chi connectivity index (χ4n) is 4.16. The normalized spacial score (nSPS) is 21.2. The number of nitro groups is 1. The Bertz CT molecular complexity index is 1140. The molecular weight excluding hydrogens is 461 g/mol. The third-order valence-electron chi connectivity index (χ3n) is 5.46. The molecule has 13 heteroatoms. The van der Waals surface area contributed by atoms with Crippen molar-refractivity contribution >= 4 is 39.9 Å². The van der Waals surface area contributed by atoms with E-state index in [2.05, 4.69) is 20.2 Å². The molecule has 0 spiro atoms. The molecule has 1 fully saturated rings. The van der Waals surface area contributed by atoms with Crippen LogP contribution in [0.1, 0.15) is 44.8 Å². The molecule has 3 atom stereocenters. The Morgan fingerprint density at radius 1 is 1.28 bits per heavy atom. The molecule has 0 amide bonds. The Morgan fingerprint density at radius 3 is 2.69 bits per heavy atom. The Balaban J connectivity index is 1.46. The largest absolute Gasteiger partial charge is 0.472 e. The predicted octanol–water partition coefficient (Wildman–Crippen LogP) is 4.14. The zero-order valence-electron chi connectivity index (χ0n) is 17.9. The van der Waals surface area contributed by atoms with Gasteiger partial charge in [-0.3, -0.25) is 14.8 Å². The second kappa shape index (κ2) is 9.16. The van der Waals surface area contributed by atoms with E-state index in [0.717, 1.165) is 12.8 Å². The van der Waals surface area contributed by atoms with Gasteiger partial charge in [0.05, 0.1) is 35.2 Å². The number of fused-ring (bicyclic) bond motifs is 1. The van der Waals surface area contributed by atoms with Crippen molar-refractivity contribution in [3.63, 3.8) is 0 Å². The molecule has 32 heavy (non-hydrogen) atoms. The first-order valence-electron chi connectivity index (χ1n) is 10.3. The Morgan fingerprint density at radius 2 is 2.00 bits per heavy atom. The average Bonchev–Trinajstić information content (AvgIpc) is 3.21. The van der Waals surface area contributed by atoms with E-state index in [0.29, 0.717) is 29.7 Å². The Hall–Kier alpha value is -2.50. The summed E-state index contributed by atoms with van der Waals surface area (Å²) in [6, 6.07) is 0.0202. The van der Waals surface area contributed by atoms with E-state index < -0.39 is 4.92 Å². The molecule has 0 N–H and O–H groups in total. The minimum absolute atomic E-state index is 0.0202. The van der Waals surface area contributed by atoms with Crippen LogP contribution >= 0.6 is 23.2 Å². The van der Waals surface area contributed by atoms with Gasteiger partial charge in [0.1, 0.15) is 5.69 Å². The molecule has 4 rings (SSSR count). The van der Waals surface area contributed by atoms with Crippen LogP contribution in [-0.4, -0.2) is 53.3 Å². The molecule has 1 aliphatic rings. The summed E-state index contributed by atoms with van der Waals surface area (Å²) >= 11 is 12.0. The molecule has 0 bridgehead atoms. The van der Waals surface area contributed by atoms with Crippen molar-refractivity contribution in [2.24, 2.45) is 0 Å². The summed E-state index contributed by atoms with van der Waals surface area (Å²) in [6.45, 7) is 6.33. The lowest BCUT2D eigenvalue weighted by Crippen LogP contribution is -2.31. The van der Waals surface area contributed by atoms with Crippen molar-refractivity contribution in [3.05, 3.63) is 32.4 Å². The number of hydrogen-bond acceptors (Lipinski definition) is 8. The van der Waals surface area contributed by atoms with E-state index in [9.17, 15) is 10.1 Å². The molecule has 11 nitrogen and oxygen atoms in total. The highest BCUT2D eigenvalue weighted by molar-refractivity contribution is 6.34. The summed E-state index contributed by atoms with van der Waals surface area (Å²) in [5.74, 6) is 0.0213. The van der Waals surface area contributed by atoms with E-state index in [-0.39, 0.29) is 46.9 Å². The molecular formula is C19H23Cl2N7O4. The summed E-state index contributed by atoms with van der Waals surface area (Å²) in [4.78, 5) is 19.3. The van der Waals surface area contributed by atoms with Crippen LogP contribution in [0.15, 0.2) is 6.20 Å². The molecule has 3 aromatic heterocycles. The highest BCUT2D eigenvalue weighted by Crippen LogP contribution is 2.36. The quantitative estimate of drug-likeness (QED) is 0.212. The number of halogens is 2. The summed E-state index contributed by atoms with van der Waals surface area (Å²) < 4.78 is 14.8. The molecule has 0 saturated carbocycles. The molecule has 172 valence electrons. The maximum atomic E-state index is 11.7. The van der Waals surface area contributed by atoms with Gasteiger partial charge in [0, 0.05) is 19.2 Å². The fourth-order valence-corrected chi connectivity index (χ4v) is 4.51. The first-order valence-corrected chi connectivity index (χ1v) is 11.1. The molecule has 0 aliphatic carbocycles. The fraction of sp³-hybridized carbons (Fsp3) is 0.579. The zero-order chi connectivity index (χ0) is 23.0. The van der Waals surface area contributed by atoms with E-state index in [1.165, 1.54) is 6.20 Å². The van der Waals surface area contributed by atoms with Crippen molar-refractivity contribution < 1.29 is 14.4 Å².